The Morgan fingerprint density at radius 3 is 1.52 bits per heavy atom. The molecular formula is C49H29N5. The Labute approximate surface area is 309 Å². The van der Waals surface area contributed by atoms with Crippen LogP contribution in [0.1, 0.15) is 0 Å². The highest BCUT2D eigenvalue weighted by molar-refractivity contribution is 6.28. The Kier molecular flexibility index (Phi) is 5.99. The average Bonchev–Trinajstić information content (AvgIpc) is 3.76. The van der Waals surface area contributed by atoms with Gasteiger partial charge in [-0.3, -0.25) is 0 Å². The molecule has 0 saturated carbocycles. The van der Waals surface area contributed by atoms with Crippen LogP contribution in [0.5, 0.6) is 0 Å². The SMILES string of the molecule is c1ccc(-c2nc(-c3ccccc3)nc(-c3ccc4c5ccccc5n5c6cccc7c8ccccc8n(c8c9ccccc9ccc8c3c45)c76)n2)cc1. The fourth-order valence-corrected chi connectivity index (χ4v) is 8.81. The second-order valence-corrected chi connectivity index (χ2v) is 14.0. The lowest BCUT2D eigenvalue weighted by Crippen LogP contribution is -2.01. The van der Waals surface area contributed by atoms with E-state index in [1.165, 1.54) is 43.4 Å². The predicted molar refractivity (Wildman–Crippen MR) is 223 cm³/mol. The van der Waals surface area contributed by atoms with Crippen LogP contribution in [0, 0.1) is 0 Å². The Morgan fingerprint density at radius 1 is 0.296 bits per heavy atom. The molecule has 0 bridgehead atoms. The van der Waals surface area contributed by atoms with Crippen molar-refractivity contribution in [3.63, 3.8) is 0 Å². The van der Waals surface area contributed by atoms with E-state index in [9.17, 15) is 0 Å². The fraction of sp³-hybridized carbons (Fsp3) is 0. The quantitative estimate of drug-likeness (QED) is 0.186. The van der Waals surface area contributed by atoms with Gasteiger partial charge in [0.2, 0.25) is 0 Å². The van der Waals surface area contributed by atoms with Gasteiger partial charge in [-0.1, -0.05) is 152 Å². The molecule has 5 nitrogen and oxygen atoms in total. The number of hydrogen-bond acceptors (Lipinski definition) is 3. The first kappa shape index (κ1) is 29.2. The first-order chi connectivity index (χ1) is 26.8. The minimum atomic E-state index is 0.631. The summed E-state index contributed by atoms with van der Waals surface area (Å²) in [5.74, 6) is 1.91. The van der Waals surface area contributed by atoms with Gasteiger partial charge in [0.05, 0.1) is 33.1 Å². The van der Waals surface area contributed by atoms with Crippen molar-refractivity contribution in [3.8, 4) is 34.2 Å². The summed E-state index contributed by atoms with van der Waals surface area (Å²) >= 11 is 0. The first-order valence-electron chi connectivity index (χ1n) is 18.3. The van der Waals surface area contributed by atoms with Crippen molar-refractivity contribution < 1.29 is 0 Å². The molecule has 0 aliphatic carbocycles. The number of para-hydroxylation sites is 3. The van der Waals surface area contributed by atoms with E-state index in [1.807, 2.05) is 36.4 Å². The molecule has 5 heteroatoms. The molecule has 12 rings (SSSR count). The summed E-state index contributed by atoms with van der Waals surface area (Å²) in [7, 11) is 0. The van der Waals surface area contributed by atoms with Gasteiger partial charge in [-0.15, -0.1) is 0 Å². The van der Waals surface area contributed by atoms with Gasteiger partial charge < -0.3 is 8.80 Å². The van der Waals surface area contributed by atoms with Gasteiger partial charge in [0.15, 0.2) is 17.5 Å². The molecule has 0 unspecified atom stereocenters. The molecule has 0 atom stereocenters. The molecule has 0 fully saturated rings. The second-order valence-electron chi connectivity index (χ2n) is 14.0. The molecular weight excluding hydrogens is 659 g/mol. The summed E-state index contributed by atoms with van der Waals surface area (Å²) in [5.41, 5.74) is 9.77. The Balaban J connectivity index is 1.39. The molecule has 0 radical (unpaired) electrons. The zero-order valence-electron chi connectivity index (χ0n) is 29.0. The standard InChI is InChI=1S/C49H29N5/c1-3-15-31(16-4-1)47-50-48(32-17-5-2-6-18-32)52-49(51-47)39-29-28-37-35-21-9-11-23-40(35)53-42-25-13-22-36-34-20-10-12-24-41(34)54(45(36)42)44-33-19-8-7-14-30(33)26-27-38(44)43(39)46(37)53/h1-29H. The van der Waals surface area contributed by atoms with E-state index >= 15 is 0 Å². The number of aromatic nitrogens is 5. The number of nitrogens with zero attached hydrogens (tertiary/aromatic N) is 5. The third-order valence-corrected chi connectivity index (χ3v) is 11.1. The predicted octanol–water partition coefficient (Wildman–Crippen LogP) is 12.3. The summed E-state index contributed by atoms with van der Waals surface area (Å²) in [6.07, 6.45) is 0. The molecule has 12 aromatic rings. The summed E-state index contributed by atoms with van der Waals surface area (Å²) in [4.78, 5) is 15.6. The van der Waals surface area contributed by atoms with E-state index in [4.69, 9.17) is 15.0 Å². The van der Waals surface area contributed by atoms with Gasteiger partial charge in [-0.2, -0.15) is 0 Å². The van der Waals surface area contributed by atoms with Gasteiger partial charge in [-0.25, -0.2) is 15.0 Å². The van der Waals surface area contributed by atoms with Crippen LogP contribution in [-0.2, 0) is 0 Å². The van der Waals surface area contributed by atoms with Gasteiger partial charge >= 0.3 is 0 Å². The van der Waals surface area contributed by atoms with Crippen molar-refractivity contribution in [3.05, 3.63) is 176 Å². The minimum absolute atomic E-state index is 0.631. The summed E-state index contributed by atoms with van der Waals surface area (Å²) in [6, 6.07) is 62.6. The number of benzene rings is 8. The van der Waals surface area contributed by atoms with Crippen LogP contribution >= 0.6 is 0 Å². The Hall–Kier alpha value is -7.37. The number of hydrogen-bond donors (Lipinski definition) is 0. The van der Waals surface area contributed by atoms with E-state index in [1.54, 1.807) is 0 Å². The van der Waals surface area contributed by atoms with Crippen molar-refractivity contribution in [2.24, 2.45) is 0 Å². The van der Waals surface area contributed by atoms with E-state index in [-0.39, 0.29) is 0 Å². The lowest BCUT2D eigenvalue weighted by Gasteiger charge is -2.15. The molecule has 0 amide bonds. The number of rotatable bonds is 3. The largest absolute Gasteiger partial charge is 0.306 e. The van der Waals surface area contributed by atoms with E-state index in [0.717, 1.165) is 49.5 Å². The van der Waals surface area contributed by atoms with Crippen molar-refractivity contribution in [2.45, 2.75) is 0 Å². The van der Waals surface area contributed by atoms with Crippen molar-refractivity contribution in [1.29, 1.82) is 0 Å². The number of fused-ring (bicyclic) bond motifs is 12. The van der Waals surface area contributed by atoms with Crippen LogP contribution in [0.3, 0.4) is 0 Å². The highest BCUT2D eigenvalue weighted by Gasteiger charge is 2.23. The maximum atomic E-state index is 5.30. The maximum absolute atomic E-state index is 5.30. The molecule has 8 aromatic carbocycles. The molecule has 0 spiro atoms. The monoisotopic (exact) mass is 687 g/mol. The lowest BCUT2D eigenvalue weighted by molar-refractivity contribution is 1.08. The highest BCUT2D eigenvalue weighted by atomic mass is 15.0. The molecule has 4 heterocycles. The lowest BCUT2D eigenvalue weighted by atomic mass is 9.98. The van der Waals surface area contributed by atoms with E-state index < -0.39 is 0 Å². The molecule has 0 aliphatic rings. The molecule has 0 saturated heterocycles. The maximum Gasteiger partial charge on any atom is 0.164 e. The fourth-order valence-electron chi connectivity index (χ4n) is 8.81. The molecule has 250 valence electrons. The minimum Gasteiger partial charge on any atom is -0.306 e. The normalized spacial score (nSPS) is 12.1. The Morgan fingerprint density at radius 2 is 0.815 bits per heavy atom. The van der Waals surface area contributed by atoms with Crippen molar-refractivity contribution >= 4 is 76.2 Å². The van der Waals surface area contributed by atoms with Gasteiger partial charge in [0.25, 0.3) is 0 Å². The van der Waals surface area contributed by atoms with Crippen LogP contribution in [0.25, 0.3) is 110 Å². The summed E-state index contributed by atoms with van der Waals surface area (Å²) in [6.45, 7) is 0. The summed E-state index contributed by atoms with van der Waals surface area (Å²) in [5, 5.41) is 9.43. The van der Waals surface area contributed by atoms with Gasteiger partial charge in [0, 0.05) is 54.4 Å². The highest BCUT2D eigenvalue weighted by Crippen LogP contribution is 2.44. The van der Waals surface area contributed by atoms with Crippen molar-refractivity contribution in [1.82, 2.24) is 23.8 Å². The Bertz CT molecular complexity index is 3430. The zero-order chi connectivity index (χ0) is 35.3. The van der Waals surface area contributed by atoms with Crippen molar-refractivity contribution in [2.75, 3.05) is 0 Å². The summed E-state index contributed by atoms with van der Waals surface area (Å²) < 4.78 is 4.99. The van der Waals surface area contributed by atoms with E-state index in [2.05, 4.69) is 148 Å². The van der Waals surface area contributed by atoms with Crippen LogP contribution < -0.4 is 0 Å². The molecule has 0 N–H and O–H groups in total. The third kappa shape index (κ3) is 4.01. The van der Waals surface area contributed by atoms with Crippen LogP contribution in [0.2, 0.25) is 0 Å². The van der Waals surface area contributed by atoms with Crippen LogP contribution in [0.4, 0.5) is 0 Å². The van der Waals surface area contributed by atoms with Crippen LogP contribution in [-0.4, -0.2) is 23.8 Å². The molecule has 54 heavy (non-hydrogen) atoms. The topological polar surface area (TPSA) is 47.5 Å². The smallest absolute Gasteiger partial charge is 0.164 e. The average molecular weight is 688 g/mol. The van der Waals surface area contributed by atoms with E-state index in [0.29, 0.717) is 17.5 Å². The zero-order valence-corrected chi connectivity index (χ0v) is 29.0. The first-order valence-corrected chi connectivity index (χ1v) is 18.3. The molecule has 4 aromatic heterocycles. The molecule has 0 aliphatic heterocycles. The van der Waals surface area contributed by atoms with Gasteiger partial charge in [0.1, 0.15) is 0 Å². The third-order valence-electron chi connectivity index (χ3n) is 11.1. The van der Waals surface area contributed by atoms with Gasteiger partial charge in [-0.05, 0) is 29.7 Å². The second kappa shape index (κ2) is 11.1. The van der Waals surface area contributed by atoms with Crippen LogP contribution in [0.15, 0.2) is 176 Å².